The summed E-state index contributed by atoms with van der Waals surface area (Å²) in [4.78, 5) is 8.59. The van der Waals surface area contributed by atoms with Crippen LogP contribution in [0.15, 0.2) is 83.6 Å². The maximum atomic E-state index is 6.21. The van der Waals surface area contributed by atoms with Crippen molar-refractivity contribution in [2.75, 3.05) is 5.32 Å². The molecule has 2 aromatic heterocycles. The topological polar surface area (TPSA) is 73.1 Å². The Balaban J connectivity index is 1.35. The fraction of sp³-hybridized carbons (Fsp3) is 0.0417. The SMILES string of the molecule is Clc1ccc(COc2ccc(Nc3ncnc4onc(-c5ccccc5)c34)cc2)c(Cl)c1. The molecule has 0 amide bonds. The number of hydrogen-bond donors (Lipinski definition) is 1. The van der Waals surface area contributed by atoms with Crippen molar-refractivity contribution >= 4 is 45.8 Å². The van der Waals surface area contributed by atoms with E-state index in [1.54, 1.807) is 12.1 Å². The monoisotopic (exact) mass is 462 g/mol. The van der Waals surface area contributed by atoms with Crippen LogP contribution in [0, 0.1) is 0 Å². The zero-order valence-electron chi connectivity index (χ0n) is 16.6. The van der Waals surface area contributed by atoms with Gasteiger partial charge in [-0.05, 0) is 36.4 Å². The maximum absolute atomic E-state index is 6.21. The largest absolute Gasteiger partial charge is 0.489 e. The second-order valence-corrected chi connectivity index (χ2v) is 7.82. The third-order valence-electron chi connectivity index (χ3n) is 4.85. The van der Waals surface area contributed by atoms with Crippen LogP contribution in [0.3, 0.4) is 0 Å². The van der Waals surface area contributed by atoms with Gasteiger partial charge < -0.3 is 14.6 Å². The average Bonchev–Trinajstić information content (AvgIpc) is 3.25. The Hall–Kier alpha value is -3.61. The van der Waals surface area contributed by atoms with Gasteiger partial charge in [-0.3, -0.25) is 0 Å². The summed E-state index contributed by atoms with van der Waals surface area (Å²) in [6.07, 6.45) is 1.44. The minimum atomic E-state index is 0.344. The first-order valence-corrected chi connectivity index (χ1v) is 10.5. The smallest absolute Gasteiger partial charge is 0.263 e. The van der Waals surface area contributed by atoms with Crippen LogP contribution < -0.4 is 10.1 Å². The molecule has 5 aromatic rings. The first-order chi connectivity index (χ1) is 15.7. The number of ether oxygens (including phenoxy) is 1. The minimum absolute atomic E-state index is 0.344. The van der Waals surface area contributed by atoms with E-state index in [4.69, 9.17) is 32.5 Å². The molecule has 0 unspecified atom stereocenters. The Bertz CT molecular complexity index is 1370. The van der Waals surface area contributed by atoms with Crippen molar-refractivity contribution in [1.82, 2.24) is 15.1 Å². The van der Waals surface area contributed by atoms with Gasteiger partial charge in [0.2, 0.25) is 0 Å². The molecule has 0 bridgehead atoms. The molecule has 32 heavy (non-hydrogen) atoms. The van der Waals surface area contributed by atoms with Gasteiger partial charge in [-0.15, -0.1) is 0 Å². The summed E-state index contributed by atoms with van der Waals surface area (Å²) in [5.74, 6) is 1.32. The summed E-state index contributed by atoms with van der Waals surface area (Å²) in [5, 5.41) is 9.40. The number of nitrogens with one attached hydrogen (secondary N) is 1. The van der Waals surface area contributed by atoms with Crippen LogP contribution in [-0.4, -0.2) is 15.1 Å². The summed E-state index contributed by atoms with van der Waals surface area (Å²) in [6.45, 7) is 0.344. The molecule has 158 valence electrons. The molecule has 0 radical (unpaired) electrons. The number of fused-ring (bicyclic) bond motifs is 1. The molecule has 8 heteroatoms. The molecule has 1 N–H and O–H groups in total. The van der Waals surface area contributed by atoms with E-state index < -0.39 is 0 Å². The fourth-order valence-electron chi connectivity index (χ4n) is 3.25. The van der Waals surface area contributed by atoms with E-state index in [2.05, 4.69) is 20.4 Å². The lowest BCUT2D eigenvalue weighted by molar-refractivity contribution is 0.306. The van der Waals surface area contributed by atoms with E-state index in [0.29, 0.717) is 39.6 Å². The molecule has 6 nitrogen and oxygen atoms in total. The predicted molar refractivity (Wildman–Crippen MR) is 126 cm³/mol. The minimum Gasteiger partial charge on any atom is -0.489 e. The third-order valence-corrected chi connectivity index (χ3v) is 5.43. The summed E-state index contributed by atoms with van der Waals surface area (Å²) in [7, 11) is 0. The highest BCUT2D eigenvalue weighted by molar-refractivity contribution is 6.35. The number of halogens is 2. The molecule has 0 saturated carbocycles. The van der Waals surface area contributed by atoms with Crippen molar-refractivity contribution < 1.29 is 9.26 Å². The second-order valence-electron chi connectivity index (χ2n) is 6.97. The van der Waals surface area contributed by atoms with Gasteiger partial charge >= 0.3 is 0 Å². The molecular weight excluding hydrogens is 447 g/mol. The number of nitrogens with zero attached hydrogens (tertiary/aromatic N) is 3. The predicted octanol–water partition coefficient (Wildman–Crippen LogP) is 6.91. The zero-order chi connectivity index (χ0) is 21.9. The van der Waals surface area contributed by atoms with Gasteiger partial charge in [-0.25, -0.2) is 4.98 Å². The lowest BCUT2D eigenvalue weighted by Gasteiger charge is -2.10. The summed E-state index contributed by atoms with van der Waals surface area (Å²) in [5.41, 5.74) is 3.72. The number of anilines is 2. The quantitative estimate of drug-likeness (QED) is 0.295. The van der Waals surface area contributed by atoms with Crippen LogP contribution in [-0.2, 0) is 6.61 Å². The normalized spacial score (nSPS) is 10.9. The highest BCUT2D eigenvalue weighted by atomic mass is 35.5. The van der Waals surface area contributed by atoms with Crippen molar-refractivity contribution in [3.8, 4) is 17.0 Å². The molecule has 3 aromatic carbocycles. The Labute approximate surface area is 193 Å². The summed E-state index contributed by atoms with van der Waals surface area (Å²) < 4.78 is 11.3. The van der Waals surface area contributed by atoms with Gasteiger partial charge in [0, 0.05) is 26.9 Å². The molecule has 5 rings (SSSR count). The van der Waals surface area contributed by atoms with E-state index in [-0.39, 0.29) is 0 Å². The van der Waals surface area contributed by atoms with Gasteiger partial charge in [-0.2, -0.15) is 4.98 Å². The highest BCUT2D eigenvalue weighted by Gasteiger charge is 2.16. The van der Waals surface area contributed by atoms with E-state index in [1.807, 2.05) is 60.7 Å². The molecular formula is C24H16Cl2N4O2. The molecule has 2 heterocycles. The zero-order valence-corrected chi connectivity index (χ0v) is 18.1. The standard InChI is InChI=1S/C24H16Cl2N4O2/c25-17-7-6-16(20(26)12-17)13-31-19-10-8-18(9-11-19)29-23-21-22(15-4-2-1-3-5-15)30-32-24(21)28-14-27-23/h1-12,14H,13H2,(H,27,28,29). The van der Waals surface area contributed by atoms with Crippen molar-refractivity contribution in [1.29, 1.82) is 0 Å². The van der Waals surface area contributed by atoms with Gasteiger partial charge in [-0.1, -0.05) is 64.8 Å². The van der Waals surface area contributed by atoms with Crippen molar-refractivity contribution in [3.05, 3.63) is 94.7 Å². The van der Waals surface area contributed by atoms with E-state index in [0.717, 1.165) is 22.2 Å². The maximum Gasteiger partial charge on any atom is 0.263 e. The fourth-order valence-corrected chi connectivity index (χ4v) is 3.71. The molecule has 0 spiro atoms. The third kappa shape index (κ3) is 4.23. The molecule has 0 fully saturated rings. The lowest BCUT2D eigenvalue weighted by atomic mass is 10.1. The number of benzene rings is 3. The van der Waals surface area contributed by atoms with Crippen molar-refractivity contribution in [2.45, 2.75) is 6.61 Å². The summed E-state index contributed by atoms with van der Waals surface area (Å²) >= 11 is 12.1. The van der Waals surface area contributed by atoms with Crippen molar-refractivity contribution in [3.63, 3.8) is 0 Å². The molecule has 0 aliphatic heterocycles. The van der Waals surface area contributed by atoms with Crippen LogP contribution in [0.4, 0.5) is 11.5 Å². The first kappa shape index (κ1) is 20.3. The van der Waals surface area contributed by atoms with Crippen LogP contribution in [0.5, 0.6) is 5.75 Å². The van der Waals surface area contributed by atoms with Crippen LogP contribution in [0.2, 0.25) is 10.0 Å². The van der Waals surface area contributed by atoms with Gasteiger partial charge in [0.05, 0.1) is 0 Å². The van der Waals surface area contributed by atoms with Gasteiger partial charge in [0.1, 0.15) is 35.6 Å². The first-order valence-electron chi connectivity index (χ1n) is 9.77. The van der Waals surface area contributed by atoms with Gasteiger partial charge in [0.25, 0.3) is 5.71 Å². The Morgan fingerprint density at radius 1 is 0.906 bits per heavy atom. The Kier molecular flexibility index (Phi) is 5.62. The molecule has 0 atom stereocenters. The van der Waals surface area contributed by atoms with Crippen LogP contribution >= 0.6 is 23.2 Å². The number of rotatable bonds is 6. The molecule has 0 aliphatic rings. The second kappa shape index (κ2) is 8.86. The van der Waals surface area contributed by atoms with E-state index in [9.17, 15) is 0 Å². The number of aromatic nitrogens is 3. The number of hydrogen-bond acceptors (Lipinski definition) is 6. The van der Waals surface area contributed by atoms with Crippen LogP contribution in [0.1, 0.15) is 5.56 Å². The Morgan fingerprint density at radius 3 is 2.50 bits per heavy atom. The molecule has 0 aliphatic carbocycles. The van der Waals surface area contributed by atoms with E-state index >= 15 is 0 Å². The average molecular weight is 463 g/mol. The van der Waals surface area contributed by atoms with E-state index in [1.165, 1.54) is 6.33 Å². The van der Waals surface area contributed by atoms with Crippen molar-refractivity contribution in [2.24, 2.45) is 0 Å². The lowest BCUT2D eigenvalue weighted by Crippen LogP contribution is -1.98. The molecule has 0 saturated heterocycles. The van der Waals surface area contributed by atoms with Gasteiger partial charge in [0.15, 0.2) is 0 Å². The van der Waals surface area contributed by atoms with Crippen LogP contribution in [0.25, 0.3) is 22.4 Å². The summed E-state index contributed by atoms with van der Waals surface area (Å²) in [6, 6.07) is 22.7. The Morgan fingerprint density at radius 2 is 1.72 bits per heavy atom. The highest BCUT2D eigenvalue weighted by Crippen LogP contribution is 2.33.